The van der Waals surface area contributed by atoms with Crippen LogP contribution in [0.2, 0.25) is 5.02 Å². The Kier molecular flexibility index (Phi) is 7.97. The van der Waals surface area contributed by atoms with E-state index in [0.29, 0.717) is 49.0 Å². The van der Waals surface area contributed by atoms with E-state index < -0.39 is 15.9 Å². The predicted octanol–water partition coefficient (Wildman–Crippen LogP) is 4.49. The fourth-order valence-corrected chi connectivity index (χ4v) is 5.91. The molecule has 0 bridgehead atoms. The highest BCUT2D eigenvalue weighted by Gasteiger charge is 2.33. The Morgan fingerprint density at radius 2 is 2.00 bits per heavy atom. The van der Waals surface area contributed by atoms with Crippen LogP contribution in [0, 0.1) is 5.92 Å². The number of anilines is 1. The Balaban J connectivity index is 1.38. The molecule has 1 aliphatic heterocycles. The van der Waals surface area contributed by atoms with Gasteiger partial charge in [-0.25, -0.2) is 8.42 Å². The van der Waals surface area contributed by atoms with Gasteiger partial charge < -0.3 is 14.6 Å². The zero-order chi connectivity index (χ0) is 25.9. The number of aromatic nitrogens is 2. The Labute approximate surface area is 215 Å². The molecule has 11 heteroatoms. The van der Waals surface area contributed by atoms with Gasteiger partial charge in [0.1, 0.15) is 5.75 Å². The van der Waals surface area contributed by atoms with E-state index in [1.165, 1.54) is 29.6 Å². The van der Waals surface area contributed by atoms with Crippen molar-refractivity contribution in [3.8, 4) is 5.75 Å². The van der Waals surface area contributed by atoms with E-state index in [0.717, 1.165) is 5.56 Å². The maximum Gasteiger partial charge on any atom is 0.243 e. The summed E-state index contributed by atoms with van der Waals surface area (Å²) in [6.45, 7) is 4.43. The van der Waals surface area contributed by atoms with E-state index in [1.807, 2.05) is 38.1 Å². The third-order valence-electron chi connectivity index (χ3n) is 6.08. The monoisotopic (exact) mass is 532 g/mol. The van der Waals surface area contributed by atoms with Crippen LogP contribution in [0.15, 0.2) is 51.9 Å². The Morgan fingerprint density at radius 1 is 1.25 bits per heavy atom. The molecule has 0 saturated carbocycles. The van der Waals surface area contributed by atoms with Crippen LogP contribution in [0.3, 0.4) is 0 Å². The lowest BCUT2D eigenvalue weighted by Gasteiger charge is -2.31. The van der Waals surface area contributed by atoms with Crippen molar-refractivity contribution in [3.05, 3.63) is 64.8 Å². The van der Waals surface area contributed by atoms with E-state index in [4.69, 9.17) is 20.9 Å². The molecular formula is C25H29ClN4O5S. The Morgan fingerprint density at radius 3 is 2.64 bits per heavy atom. The number of benzene rings is 2. The maximum atomic E-state index is 13.2. The van der Waals surface area contributed by atoms with Gasteiger partial charge in [0.2, 0.25) is 21.8 Å². The van der Waals surface area contributed by atoms with Crippen molar-refractivity contribution in [1.29, 1.82) is 0 Å². The number of amides is 1. The van der Waals surface area contributed by atoms with Crippen LogP contribution in [-0.4, -0.2) is 49.0 Å². The van der Waals surface area contributed by atoms with Gasteiger partial charge in [-0.15, -0.1) is 0 Å². The molecule has 9 nitrogen and oxygen atoms in total. The fourth-order valence-electron chi connectivity index (χ4n) is 4.04. The molecule has 1 amide bonds. The van der Waals surface area contributed by atoms with E-state index in [-0.39, 0.29) is 28.3 Å². The SMILES string of the molecule is COc1ccc(S(=O)(=O)N2CCCC(C(=O)Nc3ccc(Cc4noc(C(C)C)n4)cc3)C2)cc1Cl. The summed E-state index contributed by atoms with van der Waals surface area (Å²) >= 11 is 6.13. The zero-order valence-electron chi connectivity index (χ0n) is 20.4. The number of hydrogen-bond acceptors (Lipinski definition) is 7. The second-order valence-corrected chi connectivity index (χ2v) is 11.4. The molecule has 1 aliphatic rings. The number of nitrogens with one attached hydrogen (secondary N) is 1. The summed E-state index contributed by atoms with van der Waals surface area (Å²) in [6, 6.07) is 11.8. The summed E-state index contributed by atoms with van der Waals surface area (Å²) in [5, 5.41) is 7.13. The van der Waals surface area contributed by atoms with E-state index in [2.05, 4.69) is 15.5 Å². The molecule has 36 heavy (non-hydrogen) atoms. The number of nitrogens with zero attached hydrogens (tertiary/aromatic N) is 3. The maximum absolute atomic E-state index is 13.2. The van der Waals surface area contributed by atoms with Gasteiger partial charge in [0.05, 0.1) is 22.9 Å². The summed E-state index contributed by atoms with van der Waals surface area (Å²) in [4.78, 5) is 17.4. The van der Waals surface area contributed by atoms with Gasteiger partial charge in [0.25, 0.3) is 0 Å². The highest BCUT2D eigenvalue weighted by Crippen LogP contribution is 2.30. The first-order valence-corrected chi connectivity index (χ1v) is 13.5. The van der Waals surface area contributed by atoms with Crippen molar-refractivity contribution in [3.63, 3.8) is 0 Å². The predicted molar refractivity (Wildman–Crippen MR) is 136 cm³/mol. The normalized spacial score (nSPS) is 16.8. The standard InChI is InChI=1S/C25H29ClN4O5S/c1-16(2)25-28-23(29-35-25)13-17-6-8-19(9-7-17)27-24(31)18-5-4-12-30(15-18)36(32,33)20-10-11-22(34-3)21(26)14-20/h6-11,14,16,18H,4-5,12-13,15H2,1-3H3,(H,27,31). The van der Waals surface area contributed by atoms with Crippen LogP contribution in [0.25, 0.3) is 0 Å². The van der Waals surface area contributed by atoms with Crippen LogP contribution in [-0.2, 0) is 21.2 Å². The largest absolute Gasteiger partial charge is 0.495 e. The van der Waals surface area contributed by atoms with Crippen molar-refractivity contribution in [1.82, 2.24) is 14.4 Å². The highest BCUT2D eigenvalue weighted by molar-refractivity contribution is 7.89. The summed E-state index contributed by atoms with van der Waals surface area (Å²) in [6.07, 6.45) is 1.72. The van der Waals surface area contributed by atoms with Gasteiger partial charge >= 0.3 is 0 Å². The van der Waals surface area contributed by atoms with Gasteiger partial charge in [-0.2, -0.15) is 9.29 Å². The fraction of sp³-hybridized carbons (Fsp3) is 0.400. The summed E-state index contributed by atoms with van der Waals surface area (Å²) < 4.78 is 38.0. The summed E-state index contributed by atoms with van der Waals surface area (Å²) in [5.74, 6) is 1.11. The molecule has 4 rings (SSSR count). The number of carbonyl (C=O) groups is 1. The molecular weight excluding hydrogens is 504 g/mol. The summed E-state index contributed by atoms with van der Waals surface area (Å²) in [7, 11) is -2.33. The molecule has 0 spiro atoms. The second-order valence-electron chi connectivity index (χ2n) is 9.07. The molecule has 2 aromatic carbocycles. The van der Waals surface area contributed by atoms with Gasteiger partial charge in [-0.05, 0) is 48.7 Å². The summed E-state index contributed by atoms with van der Waals surface area (Å²) in [5.41, 5.74) is 1.62. The lowest BCUT2D eigenvalue weighted by molar-refractivity contribution is -0.120. The number of ether oxygens (including phenoxy) is 1. The van der Waals surface area contributed by atoms with Gasteiger partial charge in [-0.1, -0.05) is 42.7 Å². The quantitative estimate of drug-likeness (QED) is 0.454. The average molecular weight is 533 g/mol. The molecule has 3 aromatic rings. The molecule has 192 valence electrons. The molecule has 1 unspecified atom stereocenters. The van der Waals surface area contributed by atoms with Crippen LogP contribution >= 0.6 is 11.6 Å². The molecule has 0 aliphatic carbocycles. The number of rotatable bonds is 8. The highest BCUT2D eigenvalue weighted by atomic mass is 35.5. The first-order valence-electron chi connectivity index (χ1n) is 11.7. The van der Waals surface area contributed by atoms with E-state index >= 15 is 0 Å². The number of sulfonamides is 1. The van der Waals surface area contributed by atoms with Crippen molar-refractivity contribution >= 4 is 33.2 Å². The number of halogens is 1. The number of carbonyl (C=O) groups excluding carboxylic acids is 1. The molecule has 1 fully saturated rings. The molecule has 1 saturated heterocycles. The number of piperidine rings is 1. The smallest absolute Gasteiger partial charge is 0.243 e. The molecule has 1 atom stereocenters. The van der Waals surface area contributed by atoms with Gasteiger partial charge in [0.15, 0.2) is 5.82 Å². The van der Waals surface area contributed by atoms with Crippen molar-refractivity contribution in [2.75, 3.05) is 25.5 Å². The van der Waals surface area contributed by atoms with Gasteiger partial charge in [-0.3, -0.25) is 4.79 Å². The van der Waals surface area contributed by atoms with E-state index in [9.17, 15) is 13.2 Å². The third kappa shape index (κ3) is 5.88. The Bertz CT molecular complexity index is 1320. The van der Waals surface area contributed by atoms with Crippen LogP contribution in [0.4, 0.5) is 5.69 Å². The topological polar surface area (TPSA) is 115 Å². The van der Waals surface area contributed by atoms with Crippen molar-refractivity contribution in [2.45, 2.75) is 43.9 Å². The number of hydrogen-bond donors (Lipinski definition) is 1. The first-order chi connectivity index (χ1) is 17.2. The van der Waals surface area contributed by atoms with Gasteiger partial charge in [0, 0.05) is 31.1 Å². The third-order valence-corrected chi connectivity index (χ3v) is 8.23. The minimum Gasteiger partial charge on any atom is -0.495 e. The molecule has 2 heterocycles. The molecule has 1 aromatic heterocycles. The minimum atomic E-state index is -3.79. The van der Waals surface area contributed by atoms with Crippen LogP contribution in [0.1, 0.15) is 49.9 Å². The van der Waals surface area contributed by atoms with Crippen molar-refractivity contribution < 1.29 is 22.5 Å². The average Bonchev–Trinajstić information content (AvgIpc) is 3.34. The van der Waals surface area contributed by atoms with Crippen LogP contribution in [0.5, 0.6) is 5.75 Å². The molecule has 0 radical (unpaired) electrons. The van der Waals surface area contributed by atoms with Crippen molar-refractivity contribution in [2.24, 2.45) is 5.92 Å². The lowest BCUT2D eigenvalue weighted by atomic mass is 9.98. The van der Waals surface area contributed by atoms with Crippen LogP contribution < -0.4 is 10.1 Å². The minimum absolute atomic E-state index is 0.0760. The first kappa shape index (κ1) is 26.1. The van der Waals surface area contributed by atoms with E-state index in [1.54, 1.807) is 0 Å². The zero-order valence-corrected chi connectivity index (χ0v) is 22.0. The molecule has 1 N–H and O–H groups in total. The second kappa shape index (κ2) is 11.0. The number of methoxy groups -OCH3 is 1. The Hall–Kier alpha value is -2.95. The lowest BCUT2D eigenvalue weighted by Crippen LogP contribution is -2.43.